The highest BCUT2D eigenvalue weighted by atomic mass is 16.6. The van der Waals surface area contributed by atoms with Crippen LogP contribution in [-0.4, -0.2) is 34.2 Å². The summed E-state index contributed by atoms with van der Waals surface area (Å²) in [5.41, 5.74) is 0.154. The van der Waals surface area contributed by atoms with E-state index in [1.165, 1.54) is 6.20 Å². The molecule has 2 aromatic rings. The zero-order chi connectivity index (χ0) is 14.9. The molecule has 6 heteroatoms. The molecule has 0 aliphatic carbocycles. The van der Waals surface area contributed by atoms with Gasteiger partial charge in [0.2, 0.25) is 0 Å². The Hall–Kier alpha value is -2.21. The van der Waals surface area contributed by atoms with Gasteiger partial charge in [-0.15, -0.1) is 0 Å². The minimum absolute atomic E-state index is 0.0598. The number of nitrogens with zero attached hydrogens (tertiary/aromatic N) is 3. The monoisotopic (exact) mass is 275 g/mol. The van der Waals surface area contributed by atoms with Crippen molar-refractivity contribution in [2.45, 2.75) is 19.4 Å². The number of hydrogen-bond acceptors (Lipinski definition) is 5. The van der Waals surface area contributed by atoms with Gasteiger partial charge in [0, 0.05) is 19.0 Å². The molecule has 1 heterocycles. The highest BCUT2D eigenvalue weighted by Crippen LogP contribution is 2.34. The van der Waals surface area contributed by atoms with E-state index in [1.807, 2.05) is 12.1 Å². The molecule has 0 aliphatic heterocycles. The smallest absolute Gasteiger partial charge is 0.311 e. The Labute approximate surface area is 116 Å². The third-order valence-corrected chi connectivity index (χ3v) is 2.93. The SMILES string of the molecule is CN(CC(C)(C)O)c1c([N+](=O)[O-])cnc2ccccc12. The van der Waals surface area contributed by atoms with Gasteiger partial charge in [-0.25, -0.2) is 4.98 Å². The third-order valence-electron chi connectivity index (χ3n) is 2.93. The summed E-state index contributed by atoms with van der Waals surface area (Å²) in [5.74, 6) is 0. The molecule has 0 amide bonds. The fourth-order valence-corrected chi connectivity index (χ4v) is 2.31. The summed E-state index contributed by atoms with van der Waals surface area (Å²) in [6.07, 6.45) is 1.26. The number of para-hydroxylation sites is 1. The van der Waals surface area contributed by atoms with Crippen molar-refractivity contribution in [2.24, 2.45) is 0 Å². The van der Waals surface area contributed by atoms with Crippen LogP contribution in [0.1, 0.15) is 13.8 Å². The molecule has 0 saturated heterocycles. The van der Waals surface area contributed by atoms with Crippen LogP contribution in [0.4, 0.5) is 11.4 Å². The van der Waals surface area contributed by atoms with Crippen molar-refractivity contribution in [2.75, 3.05) is 18.5 Å². The lowest BCUT2D eigenvalue weighted by Gasteiger charge is -2.27. The van der Waals surface area contributed by atoms with E-state index < -0.39 is 10.5 Å². The molecular weight excluding hydrogens is 258 g/mol. The average molecular weight is 275 g/mol. The third kappa shape index (κ3) is 2.85. The zero-order valence-electron chi connectivity index (χ0n) is 11.7. The van der Waals surface area contributed by atoms with E-state index in [9.17, 15) is 15.2 Å². The van der Waals surface area contributed by atoms with E-state index in [0.717, 1.165) is 0 Å². The number of pyridine rings is 1. The fraction of sp³-hybridized carbons (Fsp3) is 0.357. The molecule has 0 spiro atoms. The van der Waals surface area contributed by atoms with Crippen LogP contribution < -0.4 is 4.90 Å². The molecule has 0 bridgehead atoms. The first-order valence-electron chi connectivity index (χ1n) is 6.25. The van der Waals surface area contributed by atoms with E-state index in [2.05, 4.69) is 4.98 Å². The zero-order valence-corrected chi connectivity index (χ0v) is 11.7. The number of hydrogen-bond donors (Lipinski definition) is 1. The van der Waals surface area contributed by atoms with Gasteiger partial charge in [0.15, 0.2) is 0 Å². The number of aromatic nitrogens is 1. The predicted octanol–water partition coefficient (Wildman–Crippen LogP) is 2.35. The summed E-state index contributed by atoms with van der Waals surface area (Å²) in [4.78, 5) is 16.6. The summed E-state index contributed by atoms with van der Waals surface area (Å²) in [6, 6.07) is 7.25. The average Bonchev–Trinajstić information content (AvgIpc) is 2.35. The molecule has 1 aromatic carbocycles. The Morgan fingerprint density at radius 3 is 2.65 bits per heavy atom. The molecule has 106 valence electrons. The van der Waals surface area contributed by atoms with E-state index >= 15 is 0 Å². The van der Waals surface area contributed by atoms with E-state index in [4.69, 9.17) is 0 Å². The lowest BCUT2D eigenvalue weighted by atomic mass is 10.1. The van der Waals surface area contributed by atoms with Gasteiger partial charge in [-0.05, 0) is 19.9 Å². The molecule has 0 saturated carbocycles. The van der Waals surface area contributed by atoms with Crippen molar-refractivity contribution in [1.82, 2.24) is 4.98 Å². The maximum Gasteiger partial charge on any atom is 0.311 e. The molecule has 0 fully saturated rings. The van der Waals surface area contributed by atoms with Crippen LogP contribution in [0.15, 0.2) is 30.5 Å². The first-order valence-corrected chi connectivity index (χ1v) is 6.25. The Balaban J connectivity index is 2.63. The predicted molar refractivity (Wildman–Crippen MR) is 78.0 cm³/mol. The second-order valence-corrected chi connectivity index (χ2v) is 5.43. The number of benzene rings is 1. The number of rotatable bonds is 4. The van der Waals surface area contributed by atoms with Gasteiger partial charge in [-0.3, -0.25) is 10.1 Å². The van der Waals surface area contributed by atoms with Crippen LogP contribution in [0.3, 0.4) is 0 Å². The lowest BCUT2D eigenvalue weighted by molar-refractivity contribution is -0.384. The van der Waals surface area contributed by atoms with Gasteiger partial charge in [0.25, 0.3) is 0 Å². The quantitative estimate of drug-likeness (QED) is 0.684. The highest BCUT2D eigenvalue weighted by Gasteiger charge is 2.24. The first kappa shape index (κ1) is 14.2. The summed E-state index contributed by atoms with van der Waals surface area (Å²) in [7, 11) is 1.73. The lowest BCUT2D eigenvalue weighted by Crippen LogP contribution is -2.36. The first-order chi connectivity index (χ1) is 9.29. The minimum Gasteiger partial charge on any atom is -0.389 e. The molecule has 0 aliphatic rings. The maximum absolute atomic E-state index is 11.2. The largest absolute Gasteiger partial charge is 0.389 e. The van der Waals surface area contributed by atoms with Crippen molar-refractivity contribution in [1.29, 1.82) is 0 Å². The van der Waals surface area contributed by atoms with Crippen LogP contribution in [0.2, 0.25) is 0 Å². The number of anilines is 1. The molecular formula is C14H17N3O3. The molecule has 0 unspecified atom stereocenters. The maximum atomic E-state index is 11.2. The van der Waals surface area contributed by atoms with Gasteiger partial charge < -0.3 is 10.0 Å². The summed E-state index contributed by atoms with van der Waals surface area (Å²) in [6.45, 7) is 3.61. The molecule has 0 atom stereocenters. The van der Waals surface area contributed by atoms with Crippen molar-refractivity contribution < 1.29 is 10.0 Å². The molecule has 1 N–H and O–H groups in total. The second-order valence-electron chi connectivity index (χ2n) is 5.43. The summed E-state index contributed by atoms with van der Waals surface area (Å²) < 4.78 is 0. The van der Waals surface area contributed by atoms with Crippen molar-refractivity contribution in [3.8, 4) is 0 Å². The number of nitro groups is 1. The molecule has 1 aromatic heterocycles. The van der Waals surface area contributed by atoms with Gasteiger partial charge in [0.05, 0.1) is 16.0 Å². The van der Waals surface area contributed by atoms with Crippen molar-refractivity contribution >= 4 is 22.3 Å². The standard InChI is InChI=1S/C14H17N3O3/c1-14(2,18)9-16(3)13-10-6-4-5-7-11(10)15-8-12(13)17(19)20/h4-8,18H,9H2,1-3H3. The van der Waals surface area contributed by atoms with Crippen LogP contribution in [0, 0.1) is 10.1 Å². The topological polar surface area (TPSA) is 79.5 Å². The highest BCUT2D eigenvalue weighted by molar-refractivity contribution is 5.96. The molecule has 20 heavy (non-hydrogen) atoms. The number of fused-ring (bicyclic) bond motifs is 1. The van der Waals surface area contributed by atoms with Gasteiger partial charge >= 0.3 is 5.69 Å². The van der Waals surface area contributed by atoms with E-state index in [1.54, 1.807) is 37.9 Å². The van der Waals surface area contributed by atoms with E-state index in [0.29, 0.717) is 16.6 Å². The fourth-order valence-electron chi connectivity index (χ4n) is 2.31. The van der Waals surface area contributed by atoms with Crippen LogP contribution in [0.5, 0.6) is 0 Å². The number of aliphatic hydroxyl groups is 1. The number of likely N-dealkylation sites (N-methyl/N-ethyl adjacent to an activating group) is 1. The van der Waals surface area contributed by atoms with Gasteiger partial charge in [0.1, 0.15) is 11.9 Å². The molecule has 0 radical (unpaired) electrons. The minimum atomic E-state index is -0.951. The Morgan fingerprint density at radius 1 is 1.40 bits per heavy atom. The van der Waals surface area contributed by atoms with Crippen LogP contribution >= 0.6 is 0 Å². The van der Waals surface area contributed by atoms with Gasteiger partial charge in [-0.1, -0.05) is 18.2 Å². The molecule has 6 nitrogen and oxygen atoms in total. The normalized spacial score (nSPS) is 11.6. The molecule has 2 rings (SSSR count). The Bertz CT molecular complexity index is 650. The summed E-state index contributed by atoms with van der Waals surface area (Å²) in [5, 5.41) is 21.8. The summed E-state index contributed by atoms with van der Waals surface area (Å²) >= 11 is 0. The van der Waals surface area contributed by atoms with Crippen LogP contribution in [-0.2, 0) is 0 Å². The Morgan fingerprint density at radius 2 is 2.05 bits per heavy atom. The van der Waals surface area contributed by atoms with Crippen molar-refractivity contribution in [3.63, 3.8) is 0 Å². The van der Waals surface area contributed by atoms with Crippen LogP contribution in [0.25, 0.3) is 10.9 Å². The second kappa shape index (κ2) is 5.05. The Kier molecular flexibility index (Phi) is 3.59. The van der Waals surface area contributed by atoms with Gasteiger partial charge in [-0.2, -0.15) is 0 Å². The van der Waals surface area contributed by atoms with E-state index in [-0.39, 0.29) is 12.2 Å². The van der Waals surface area contributed by atoms with Crippen molar-refractivity contribution in [3.05, 3.63) is 40.6 Å².